The van der Waals surface area contributed by atoms with Gasteiger partial charge in [0.2, 0.25) is 0 Å². The van der Waals surface area contributed by atoms with E-state index in [0.29, 0.717) is 0 Å². The summed E-state index contributed by atoms with van der Waals surface area (Å²) in [5.41, 5.74) is 0. The zero-order valence-corrected chi connectivity index (χ0v) is 30.5. The fourth-order valence-corrected chi connectivity index (χ4v) is 33.6. The lowest BCUT2D eigenvalue weighted by Gasteiger charge is -2.39. The van der Waals surface area contributed by atoms with Gasteiger partial charge in [-0.2, -0.15) is 0 Å². The molecule has 0 saturated heterocycles. The highest BCUT2D eigenvalue weighted by molar-refractivity contribution is 6.89. The van der Waals surface area contributed by atoms with Gasteiger partial charge in [-0.1, -0.05) is 0 Å². The molecule has 0 aromatic rings. The van der Waals surface area contributed by atoms with Crippen molar-refractivity contribution in [2.24, 2.45) is 0 Å². The third kappa shape index (κ3) is 24.0. The summed E-state index contributed by atoms with van der Waals surface area (Å²) in [5, 5.41) is 0. The number of hydrogen-bond donors (Lipinski definition) is 0. The van der Waals surface area contributed by atoms with E-state index in [4.69, 9.17) is 20.6 Å². The van der Waals surface area contributed by atoms with Crippen LogP contribution in [-0.4, -0.2) is 59.0 Å². The Morgan fingerprint density at radius 3 is 0.500 bits per heavy atom. The van der Waals surface area contributed by atoms with Gasteiger partial charge in [0.05, 0.1) is 0 Å². The van der Waals surface area contributed by atoms with Crippen molar-refractivity contribution >= 4 is 59.0 Å². The first-order chi connectivity index (χ1) is 12.5. The molecule has 0 N–H and O–H groups in total. The van der Waals surface area contributed by atoms with Gasteiger partial charge in [0.1, 0.15) is 0 Å². The van der Waals surface area contributed by atoms with E-state index in [-0.39, 0.29) is 0 Å². The smallest absolute Gasteiger partial charge is 0.312 e. The van der Waals surface area contributed by atoms with Crippen LogP contribution in [0.4, 0.5) is 0 Å². The topological polar surface area (TPSA) is 46.2 Å². The molecule has 0 radical (unpaired) electrons. The Kier molecular flexibility index (Phi) is 12.5. The maximum absolute atomic E-state index is 6.28. The molecule has 5 nitrogen and oxygen atoms in total. The van der Waals surface area contributed by atoms with E-state index in [2.05, 4.69) is 118 Å². The van der Waals surface area contributed by atoms with E-state index in [1.54, 1.807) is 0 Å². The maximum atomic E-state index is 6.28. The van der Waals surface area contributed by atoms with Gasteiger partial charge in [0.25, 0.3) is 0 Å². The average molecular weight is 547 g/mol. The molecule has 0 aliphatic heterocycles. The summed E-state index contributed by atoms with van der Waals surface area (Å²) in [6, 6.07) is 0. The molecule has 0 heterocycles. The molecular weight excluding hydrogens is 493 g/mol. The summed E-state index contributed by atoms with van der Waals surface area (Å²) < 4.78 is 30.9. The summed E-state index contributed by atoms with van der Waals surface area (Å²) in [5.74, 6) is 0. The molecule has 0 aliphatic carbocycles. The normalized spacial score (nSPS) is 15.0. The third-order valence-electron chi connectivity index (χ3n) is 2.70. The molecule has 12 heteroatoms. The predicted octanol–water partition coefficient (Wildman–Crippen LogP) is 7.50. The lowest BCUT2D eigenvalue weighted by molar-refractivity contribution is 0.331. The van der Waals surface area contributed by atoms with E-state index >= 15 is 0 Å². The monoisotopic (exact) mass is 546 g/mol. The molecule has 0 aromatic carbocycles. The van der Waals surface area contributed by atoms with Crippen LogP contribution in [0, 0.1) is 0 Å². The Hall–Kier alpha value is 1.32. The van der Waals surface area contributed by atoms with Crippen molar-refractivity contribution in [3.8, 4) is 0 Å². The first-order valence-corrected chi connectivity index (χ1v) is 33.1. The standard InChI is InChI=1S/C10H30O3Si4.C8H24O2Si3/c1-14(2,3)11-16(7,8)13-17(9,10)12-15(4,5)6;1-11(2,3)9-13(7,8)10-12(4,5)6/h1-10H3;1-8H3. The largest absolute Gasteiger partial charge is 0.437 e. The van der Waals surface area contributed by atoms with Crippen molar-refractivity contribution in [1.82, 2.24) is 0 Å². The van der Waals surface area contributed by atoms with Crippen molar-refractivity contribution < 1.29 is 20.6 Å². The van der Waals surface area contributed by atoms with Gasteiger partial charge in [-0.25, -0.2) is 0 Å². The Labute approximate surface area is 196 Å². The third-order valence-corrected chi connectivity index (χ3v) is 24.3. The molecule has 0 unspecified atom stereocenters. The highest BCUT2D eigenvalue weighted by Gasteiger charge is 2.41. The van der Waals surface area contributed by atoms with Gasteiger partial charge in [0.15, 0.2) is 33.3 Å². The van der Waals surface area contributed by atoms with Crippen LogP contribution < -0.4 is 0 Å². The first kappa shape index (κ1) is 33.5. The molecule has 0 rings (SSSR count). The molecule has 0 saturated carbocycles. The molecule has 0 aromatic heterocycles. The Morgan fingerprint density at radius 2 is 0.367 bits per heavy atom. The van der Waals surface area contributed by atoms with E-state index in [9.17, 15) is 0 Å². The van der Waals surface area contributed by atoms with E-state index < -0.39 is 59.0 Å². The molecule has 0 spiro atoms. The van der Waals surface area contributed by atoms with Crippen molar-refractivity contribution in [2.45, 2.75) is 118 Å². The summed E-state index contributed by atoms with van der Waals surface area (Å²) >= 11 is 0. The SMILES string of the molecule is C[Si](C)(C)O[Si](C)(C)O[Si](C)(C)C.C[Si](C)(C)O[Si](C)(C)O[Si](C)(C)O[Si](C)(C)C. The second-order valence-electron chi connectivity index (χ2n) is 13.2. The minimum Gasteiger partial charge on any atom is -0.437 e. The summed E-state index contributed by atoms with van der Waals surface area (Å²) in [6.45, 7) is 39.4. The van der Waals surface area contributed by atoms with Crippen molar-refractivity contribution in [3.63, 3.8) is 0 Å². The predicted molar refractivity (Wildman–Crippen MR) is 151 cm³/mol. The fourth-order valence-electron chi connectivity index (χ4n) is 3.60. The van der Waals surface area contributed by atoms with Crippen molar-refractivity contribution in [3.05, 3.63) is 0 Å². The molecule has 0 amide bonds. The van der Waals surface area contributed by atoms with Gasteiger partial charge in [-0.05, 0) is 118 Å². The van der Waals surface area contributed by atoms with Crippen LogP contribution in [0.25, 0.3) is 0 Å². The molecule has 0 aliphatic rings. The molecule has 0 bridgehead atoms. The van der Waals surface area contributed by atoms with Crippen LogP contribution in [-0.2, 0) is 20.6 Å². The first-order valence-electron chi connectivity index (χ1n) is 11.0. The lowest BCUT2D eigenvalue weighted by atomic mass is 11.8. The van der Waals surface area contributed by atoms with E-state index in [0.717, 1.165) is 0 Å². The van der Waals surface area contributed by atoms with E-state index in [1.165, 1.54) is 0 Å². The van der Waals surface area contributed by atoms with Crippen LogP contribution in [0.2, 0.25) is 118 Å². The number of hydrogen-bond acceptors (Lipinski definition) is 5. The van der Waals surface area contributed by atoms with Crippen LogP contribution >= 0.6 is 0 Å². The van der Waals surface area contributed by atoms with Crippen LogP contribution in [0.15, 0.2) is 0 Å². The van der Waals surface area contributed by atoms with Crippen LogP contribution in [0.3, 0.4) is 0 Å². The molecule has 184 valence electrons. The zero-order chi connectivity index (χ0) is 25.0. The second kappa shape index (κ2) is 11.2. The highest BCUT2D eigenvalue weighted by atomic mass is 28.5. The Morgan fingerprint density at radius 1 is 0.233 bits per heavy atom. The van der Waals surface area contributed by atoms with Gasteiger partial charge in [-0.15, -0.1) is 0 Å². The molecular formula is C18H54O5Si7. The van der Waals surface area contributed by atoms with Gasteiger partial charge in [0, 0.05) is 0 Å². The second-order valence-corrected chi connectivity index (χ2v) is 42.5. The van der Waals surface area contributed by atoms with Crippen molar-refractivity contribution in [1.29, 1.82) is 0 Å². The van der Waals surface area contributed by atoms with Gasteiger partial charge < -0.3 is 20.6 Å². The van der Waals surface area contributed by atoms with Gasteiger partial charge >= 0.3 is 25.7 Å². The zero-order valence-electron chi connectivity index (χ0n) is 23.5. The lowest BCUT2D eigenvalue weighted by Crippen LogP contribution is -2.55. The minimum atomic E-state index is -2.05. The number of rotatable bonds is 10. The van der Waals surface area contributed by atoms with Crippen molar-refractivity contribution in [2.75, 3.05) is 0 Å². The highest BCUT2D eigenvalue weighted by Crippen LogP contribution is 2.23. The van der Waals surface area contributed by atoms with Gasteiger partial charge in [-0.3, -0.25) is 0 Å². The summed E-state index contributed by atoms with van der Waals surface area (Å²) in [6.07, 6.45) is 0. The Bertz CT molecular complexity index is 469. The maximum Gasteiger partial charge on any atom is 0.312 e. The molecule has 0 atom stereocenters. The quantitative estimate of drug-likeness (QED) is 0.265. The average Bonchev–Trinajstić information content (AvgIpc) is 2.09. The van der Waals surface area contributed by atoms with E-state index in [1.807, 2.05) is 0 Å². The van der Waals surface area contributed by atoms with Crippen LogP contribution in [0.1, 0.15) is 0 Å². The summed E-state index contributed by atoms with van der Waals surface area (Å²) in [4.78, 5) is 0. The van der Waals surface area contributed by atoms with Crippen LogP contribution in [0.5, 0.6) is 0 Å². The minimum absolute atomic E-state index is 1.43. The molecule has 0 fully saturated rings. The fraction of sp³-hybridized carbons (Fsp3) is 1.00. The summed E-state index contributed by atoms with van der Waals surface area (Å²) in [7, 11) is -11.9. The Balaban J connectivity index is 0. The molecule has 30 heavy (non-hydrogen) atoms.